The first-order valence-electron chi connectivity index (χ1n) is 6.86. The number of likely N-dealkylation sites (N-methyl/N-ethyl adjacent to an activating group) is 1. The second-order valence-electron chi connectivity index (χ2n) is 4.62. The van der Waals surface area contributed by atoms with Gasteiger partial charge in [0.2, 0.25) is 5.91 Å². The Hall–Kier alpha value is -0.650. The molecule has 5 nitrogen and oxygen atoms in total. The highest BCUT2D eigenvalue weighted by Crippen LogP contribution is 2.08. The summed E-state index contributed by atoms with van der Waals surface area (Å²) in [6.45, 7) is 8.03. The maximum absolute atomic E-state index is 12.0. The van der Waals surface area contributed by atoms with Crippen LogP contribution in [0.25, 0.3) is 0 Å². The average Bonchev–Trinajstić information content (AvgIpc) is 2.82. The van der Waals surface area contributed by atoms with Crippen LogP contribution in [0.4, 0.5) is 0 Å². The summed E-state index contributed by atoms with van der Waals surface area (Å²) < 4.78 is 10.9. The van der Waals surface area contributed by atoms with Gasteiger partial charge in [-0.2, -0.15) is 0 Å². The van der Waals surface area contributed by atoms with Gasteiger partial charge >= 0.3 is 0 Å². The monoisotopic (exact) mass is 258 g/mol. The number of likely N-dealkylation sites (tertiary alicyclic amines) is 1. The molecule has 0 radical (unpaired) electrons. The summed E-state index contributed by atoms with van der Waals surface area (Å²) in [5.74, 6) is 0.210. The molecular weight excluding hydrogens is 232 g/mol. The van der Waals surface area contributed by atoms with Gasteiger partial charge in [0.1, 0.15) is 0 Å². The smallest absolute Gasteiger partial charge is 0.236 e. The van der Waals surface area contributed by atoms with Gasteiger partial charge < -0.3 is 14.4 Å². The molecule has 0 N–H and O–H groups in total. The SMILES string of the molecule is CCOC(CN(C)CC(=O)N1CCCC1)OCC. The second-order valence-corrected chi connectivity index (χ2v) is 4.62. The standard InChI is InChI=1S/C13H26N2O3/c1-4-17-13(18-5-2)11-14(3)10-12(16)15-8-6-7-9-15/h13H,4-11H2,1-3H3. The summed E-state index contributed by atoms with van der Waals surface area (Å²) in [6.07, 6.45) is 2.03. The van der Waals surface area contributed by atoms with Crippen LogP contribution >= 0.6 is 0 Å². The average molecular weight is 258 g/mol. The molecule has 5 heteroatoms. The number of ether oxygens (including phenoxy) is 2. The molecule has 0 unspecified atom stereocenters. The molecule has 0 bridgehead atoms. The van der Waals surface area contributed by atoms with E-state index in [-0.39, 0.29) is 12.2 Å². The fourth-order valence-electron chi connectivity index (χ4n) is 2.14. The third-order valence-electron chi connectivity index (χ3n) is 3.03. The molecule has 18 heavy (non-hydrogen) atoms. The first-order chi connectivity index (χ1) is 8.67. The molecule has 0 saturated carbocycles. The van der Waals surface area contributed by atoms with Gasteiger partial charge in [-0.05, 0) is 33.7 Å². The van der Waals surface area contributed by atoms with Gasteiger partial charge in [-0.3, -0.25) is 9.69 Å². The zero-order chi connectivity index (χ0) is 13.4. The minimum atomic E-state index is -0.239. The fraction of sp³-hybridized carbons (Fsp3) is 0.923. The highest BCUT2D eigenvalue weighted by atomic mass is 16.7. The highest BCUT2D eigenvalue weighted by molar-refractivity contribution is 5.78. The predicted octanol–water partition coefficient (Wildman–Crippen LogP) is 0.940. The van der Waals surface area contributed by atoms with E-state index in [9.17, 15) is 4.79 Å². The summed E-state index contributed by atoms with van der Waals surface area (Å²) in [5.41, 5.74) is 0. The molecule has 1 heterocycles. The van der Waals surface area contributed by atoms with Crippen LogP contribution in [0, 0.1) is 0 Å². The molecule has 0 aromatic heterocycles. The first kappa shape index (κ1) is 15.4. The molecule has 0 aliphatic carbocycles. The number of carbonyl (C=O) groups excluding carboxylic acids is 1. The van der Waals surface area contributed by atoms with Gasteiger partial charge in [0.05, 0.1) is 6.54 Å². The van der Waals surface area contributed by atoms with Crippen LogP contribution < -0.4 is 0 Å². The Labute approximate surface area is 110 Å². The molecule has 0 atom stereocenters. The van der Waals surface area contributed by atoms with E-state index in [0.29, 0.717) is 26.3 Å². The van der Waals surface area contributed by atoms with Crippen molar-refractivity contribution in [2.45, 2.75) is 33.0 Å². The molecule has 1 saturated heterocycles. The largest absolute Gasteiger partial charge is 0.352 e. The molecule has 0 spiro atoms. The van der Waals surface area contributed by atoms with Crippen molar-refractivity contribution in [3.8, 4) is 0 Å². The zero-order valence-electron chi connectivity index (χ0n) is 11.9. The Morgan fingerprint density at radius 1 is 1.22 bits per heavy atom. The molecule has 0 aromatic carbocycles. The van der Waals surface area contributed by atoms with Crippen molar-refractivity contribution in [3.05, 3.63) is 0 Å². The minimum Gasteiger partial charge on any atom is -0.352 e. The van der Waals surface area contributed by atoms with Gasteiger partial charge in [-0.1, -0.05) is 0 Å². The van der Waals surface area contributed by atoms with Crippen LogP contribution in [0.15, 0.2) is 0 Å². The topological polar surface area (TPSA) is 42.0 Å². The second kappa shape index (κ2) is 8.45. The van der Waals surface area contributed by atoms with Gasteiger partial charge in [0.15, 0.2) is 6.29 Å². The Balaban J connectivity index is 2.29. The Kier molecular flexibility index (Phi) is 7.23. The molecule has 0 aromatic rings. The molecule has 1 aliphatic rings. The molecule has 1 fully saturated rings. The van der Waals surface area contributed by atoms with E-state index in [2.05, 4.69) is 0 Å². The van der Waals surface area contributed by atoms with Crippen LogP contribution in [-0.4, -0.2) is 68.4 Å². The lowest BCUT2D eigenvalue weighted by Gasteiger charge is -2.25. The first-order valence-corrected chi connectivity index (χ1v) is 6.86. The highest BCUT2D eigenvalue weighted by Gasteiger charge is 2.20. The van der Waals surface area contributed by atoms with E-state index in [1.54, 1.807) is 0 Å². The van der Waals surface area contributed by atoms with Crippen LogP contribution in [0.1, 0.15) is 26.7 Å². The lowest BCUT2D eigenvalue weighted by molar-refractivity contribution is -0.149. The summed E-state index contributed by atoms with van der Waals surface area (Å²) in [6, 6.07) is 0. The van der Waals surface area contributed by atoms with Crippen molar-refractivity contribution in [3.63, 3.8) is 0 Å². The van der Waals surface area contributed by atoms with E-state index >= 15 is 0 Å². The van der Waals surface area contributed by atoms with Crippen LogP contribution in [0.3, 0.4) is 0 Å². The summed E-state index contributed by atoms with van der Waals surface area (Å²) in [5, 5.41) is 0. The van der Waals surface area contributed by atoms with Crippen LogP contribution in [-0.2, 0) is 14.3 Å². The number of carbonyl (C=O) groups is 1. The fourth-order valence-corrected chi connectivity index (χ4v) is 2.14. The number of hydrogen-bond donors (Lipinski definition) is 0. The Morgan fingerprint density at radius 3 is 2.28 bits per heavy atom. The van der Waals surface area contributed by atoms with Crippen molar-refractivity contribution in [2.24, 2.45) is 0 Å². The van der Waals surface area contributed by atoms with Gasteiger partial charge in [-0.25, -0.2) is 0 Å². The van der Waals surface area contributed by atoms with E-state index < -0.39 is 0 Å². The molecular formula is C13H26N2O3. The zero-order valence-corrected chi connectivity index (χ0v) is 11.9. The third kappa shape index (κ3) is 5.33. The summed E-state index contributed by atoms with van der Waals surface area (Å²) in [7, 11) is 1.93. The van der Waals surface area contributed by atoms with Crippen molar-refractivity contribution in [2.75, 3.05) is 46.4 Å². The summed E-state index contributed by atoms with van der Waals surface area (Å²) in [4.78, 5) is 15.9. The van der Waals surface area contributed by atoms with Crippen molar-refractivity contribution in [1.82, 2.24) is 9.80 Å². The molecule has 1 amide bonds. The summed E-state index contributed by atoms with van der Waals surface area (Å²) >= 11 is 0. The van der Waals surface area contributed by atoms with Crippen LogP contribution in [0.2, 0.25) is 0 Å². The molecule has 1 rings (SSSR count). The lowest BCUT2D eigenvalue weighted by Crippen LogP contribution is -2.41. The minimum absolute atomic E-state index is 0.210. The molecule has 106 valence electrons. The number of rotatable bonds is 8. The number of nitrogens with zero attached hydrogens (tertiary/aromatic N) is 2. The van der Waals surface area contributed by atoms with E-state index in [4.69, 9.17) is 9.47 Å². The number of hydrogen-bond acceptors (Lipinski definition) is 4. The van der Waals surface area contributed by atoms with Gasteiger partial charge in [-0.15, -0.1) is 0 Å². The van der Waals surface area contributed by atoms with Gasteiger partial charge in [0.25, 0.3) is 0 Å². The lowest BCUT2D eigenvalue weighted by atomic mass is 10.4. The maximum atomic E-state index is 12.0. The third-order valence-corrected chi connectivity index (χ3v) is 3.03. The Bertz CT molecular complexity index is 236. The quantitative estimate of drug-likeness (QED) is 0.608. The van der Waals surface area contributed by atoms with Crippen molar-refractivity contribution >= 4 is 5.91 Å². The maximum Gasteiger partial charge on any atom is 0.236 e. The van der Waals surface area contributed by atoms with E-state index in [1.807, 2.05) is 30.7 Å². The van der Waals surface area contributed by atoms with Crippen molar-refractivity contribution in [1.29, 1.82) is 0 Å². The van der Waals surface area contributed by atoms with Crippen LogP contribution in [0.5, 0.6) is 0 Å². The number of amides is 1. The van der Waals surface area contributed by atoms with E-state index in [1.165, 1.54) is 0 Å². The van der Waals surface area contributed by atoms with Crippen molar-refractivity contribution < 1.29 is 14.3 Å². The molecule has 1 aliphatic heterocycles. The van der Waals surface area contributed by atoms with Gasteiger partial charge in [0, 0.05) is 32.8 Å². The van der Waals surface area contributed by atoms with E-state index in [0.717, 1.165) is 25.9 Å². The Morgan fingerprint density at radius 2 is 1.78 bits per heavy atom. The normalized spacial score (nSPS) is 15.9. The predicted molar refractivity (Wildman–Crippen MR) is 70.4 cm³/mol.